The summed E-state index contributed by atoms with van der Waals surface area (Å²) >= 11 is 0. The Bertz CT molecular complexity index is 229. The number of nitrogens with zero attached hydrogens (tertiary/aromatic N) is 1. The zero-order valence-corrected chi connectivity index (χ0v) is 8.70. The fourth-order valence-corrected chi connectivity index (χ4v) is 2.57. The Morgan fingerprint density at radius 1 is 1.50 bits per heavy atom. The molecule has 2 fully saturated rings. The second-order valence-corrected chi connectivity index (χ2v) is 4.44. The predicted molar refractivity (Wildman–Crippen MR) is 54.8 cm³/mol. The summed E-state index contributed by atoms with van der Waals surface area (Å²) < 4.78 is 0. The van der Waals surface area contributed by atoms with E-state index in [1.807, 2.05) is 0 Å². The van der Waals surface area contributed by atoms with Crippen molar-refractivity contribution in [1.82, 2.24) is 10.2 Å². The summed E-state index contributed by atoms with van der Waals surface area (Å²) in [4.78, 5) is 13.9. The van der Waals surface area contributed by atoms with E-state index in [0.717, 1.165) is 13.0 Å². The number of rotatable bonds is 2. The molecule has 0 aliphatic carbocycles. The highest BCUT2D eigenvalue weighted by Gasteiger charge is 2.37. The highest BCUT2D eigenvalue weighted by atomic mass is 16.2. The molecule has 2 aliphatic rings. The Hall–Kier alpha value is -0.610. The van der Waals surface area contributed by atoms with Gasteiger partial charge in [-0.05, 0) is 32.7 Å². The monoisotopic (exact) mass is 197 g/mol. The molecule has 2 heterocycles. The van der Waals surface area contributed by atoms with E-state index in [4.69, 9.17) is 5.73 Å². The first-order chi connectivity index (χ1) is 6.68. The summed E-state index contributed by atoms with van der Waals surface area (Å²) in [5, 5.41) is 3.04. The van der Waals surface area contributed by atoms with Gasteiger partial charge in [-0.25, -0.2) is 0 Å². The van der Waals surface area contributed by atoms with E-state index in [1.54, 1.807) is 6.92 Å². The van der Waals surface area contributed by atoms with Gasteiger partial charge >= 0.3 is 0 Å². The van der Waals surface area contributed by atoms with Gasteiger partial charge in [-0.15, -0.1) is 0 Å². The van der Waals surface area contributed by atoms with Crippen LogP contribution < -0.4 is 11.1 Å². The van der Waals surface area contributed by atoms with Crippen molar-refractivity contribution in [3.05, 3.63) is 0 Å². The number of fused-ring (bicyclic) bond motifs is 1. The quantitative estimate of drug-likeness (QED) is 0.638. The van der Waals surface area contributed by atoms with Crippen LogP contribution in [0.1, 0.15) is 26.2 Å². The van der Waals surface area contributed by atoms with Gasteiger partial charge in [0.1, 0.15) is 0 Å². The van der Waals surface area contributed by atoms with Crippen LogP contribution in [-0.4, -0.2) is 42.0 Å². The van der Waals surface area contributed by atoms with Gasteiger partial charge in [0, 0.05) is 18.6 Å². The van der Waals surface area contributed by atoms with Crippen LogP contribution in [0.3, 0.4) is 0 Å². The van der Waals surface area contributed by atoms with Crippen molar-refractivity contribution in [2.75, 3.05) is 13.1 Å². The molecule has 2 aliphatic heterocycles. The Morgan fingerprint density at radius 2 is 2.29 bits per heavy atom. The molecular weight excluding hydrogens is 178 g/mol. The van der Waals surface area contributed by atoms with Gasteiger partial charge in [0.2, 0.25) is 5.91 Å². The fraction of sp³-hybridized carbons (Fsp3) is 0.900. The smallest absolute Gasteiger partial charge is 0.236 e. The van der Waals surface area contributed by atoms with Crippen molar-refractivity contribution >= 4 is 5.91 Å². The first-order valence-corrected chi connectivity index (χ1v) is 5.48. The highest BCUT2D eigenvalue weighted by Crippen LogP contribution is 2.27. The zero-order chi connectivity index (χ0) is 10.1. The van der Waals surface area contributed by atoms with Crippen LogP contribution in [0.15, 0.2) is 0 Å². The maximum absolute atomic E-state index is 11.4. The molecule has 1 amide bonds. The van der Waals surface area contributed by atoms with Crippen molar-refractivity contribution in [2.45, 2.75) is 44.3 Å². The molecule has 3 N–H and O–H groups in total. The largest absolute Gasteiger partial charge is 0.350 e. The van der Waals surface area contributed by atoms with Gasteiger partial charge < -0.3 is 11.1 Å². The third-order valence-electron chi connectivity index (χ3n) is 3.35. The van der Waals surface area contributed by atoms with Crippen LogP contribution in [0.4, 0.5) is 0 Å². The molecule has 0 aromatic rings. The van der Waals surface area contributed by atoms with E-state index in [2.05, 4.69) is 10.2 Å². The first-order valence-electron chi connectivity index (χ1n) is 5.48. The highest BCUT2D eigenvalue weighted by molar-refractivity contribution is 5.81. The van der Waals surface area contributed by atoms with Crippen LogP contribution >= 0.6 is 0 Å². The molecule has 2 unspecified atom stereocenters. The molecule has 2 saturated heterocycles. The summed E-state index contributed by atoms with van der Waals surface area (Å²) in [5.74, 6) is -0.0104. The van der Waals surface area contributed by atoms with Crippen LogP contribution in [0, 0.1) is 0 Å². The third-order valence-corrected chi connectivity index (χ3v) is 3.35. The number of carbonyl (C=O) groups excluding carboxylic acids is 1. The van der Waals surface area contributed by atoms with Gasteiger partial charge in [0.05, 0.1) is 6.04 Å². The second-order valence-electron chi connectivity index (χ2n) is 4.44. The molecule has 0 bridgehead atoms. The Balaban J connectivity index is 1.90. The molecule has 2 rings (SSSR count). The molecule has 80 valence electrons. The Labute approximate surface area is 84.8 Å². The number of hydrogen-bond donors (Lipinski definition) is 2. The van der Waals surface area contributed by atoms with Crippen molar-refractivity contribution in [3.8, 4) is 0 Å². The van der Waals surface area contributed by atoms with Crippen LogP contribution in [0.2, 0.25) is 0 Å². The normalized spacial score (nSPS) is 34.1. The first kappa shape index (κ1) is 9.93. The summed E-state index contributed by atoms with van der Waals surface area (Å²) in [6.45, 7) is 4.07. The predicted octanol–water partition coefficient (Wildman–Crippen LogP) is -0.313. The number of nitrogens with two attached hydrogens (primary N) is 1. The lowest BCUT2D eigenvalue weighted by molar-refractivity contribution is -0.122. The van der Waals surface area contributed by atoms with Crippen LogP contribution in [0.5, 0.6) is 0 Å². The minimum atomic E-state index is -0.384. The molecule has 4 nitrogen and oxygen atoms in total. The van der Waals surface area contributed by atoms with Crippen LogP contribution in [-0.2, 0) is 4.79 Å². The van der Waals surface area contributed by atoms with E-state index < -0.39 is 0 Å². The summed E-state index contributed by atoms with van der Waals surface area (Å²) in [7, 11) is 0. The molecular formula is C10H19N3O. The molecule has 0 aromatic carbocycles. The second kappa shape index (κ2) is 3.87. The lowest BCUT2D eigenvalue weighted by atomic mass is 10.1. The number of carbonyl (C=O) groups is 1. The lowest BCUT2D eigenvalue weighted by Crippen LogP contribution is -2.47. The zero-order valence-electron chi connectivity index (χ0n) is 8.70. The number of nitrogens with one attached hydrogen (secondary N) is 1. The number of amides is 1. The van der Waals surface area contributed by atoms with Gasteiger partial charge in [-0.1, -0.05) is 0 Å². The summed E-state index contributed by atoms with van der Waals surface area (Å²) in [6.07, 6.45) is 3.59. The topological polar surface area (TPSA) is 58.4 Å². The van der Waals surface area contributed by atoms with E-state index in [-0.39, 0.29) is 11.9 Å². The Kier molecular flexibility index (Phi) is 2.74. The molecule has 0 aromatic heterocycles. The van der Waals surface area contributed by atoms with E-state index in [0.29, 0.717) is 12.1 Å². The van der Waals surface area contributed by atoms with Gasteiger partial charge in [-0.3, -0.25) is 9.69 Å². The number of hydrogen-bond acceptors (Lipinski definition) is 3. The summed E-state index contributed by atoms with van der Waals surface area (Å²) in [5.41, 5.74) is 5.53. The fourth-order valence-electron chi connectivity index (χ4n) is 2.57. The van der Waals surface area contributed by atoms with E-state index in [1.165, 1.54) is 19.4 Å². The maximum atomic E-state index is 11.4. The van der Waals surface area contributed by atoms with Gasteiger partial charge in [0.15, 0.2) is 0 Å². The lowest BCUT2D eigenvalue weighted by Gasteiger charge is -2.22. The standard InChI is InChI=1S/C10H19N3O/c1-7(11)10(14)12-8-4-6-13-5-2-3-9(8)13/h7-9H,2-6,11H2,1H3,(H,12,14)/t7-,8?,9?/m0/s1. The van der Waals surface area contributed by atoms with Crippen molar-refractivity contribution in [2.24, 2.45) is 5.73 Å². The maximum Gasteiger partial charge on any atom is 0.236 e. The van der Waals surface area contributed by atoms with Gasteiger partial charge in [0.25, 0.3) is 0 Å². The van der Waals surface area contributed by atoms with Gasteiger partial charge in [-0.2, -0.15) is 0 Å². The Morgan fingerprint density at radius 3 is 3.00 bits per heavy atom. The SMILES string of the molecule is C[C@H](N)C(=O)NC1CCN2CCCC12. The molecule has 0 saturated carbocycles. The summed E-state index contributed by atoms with van der Waals surface area (Å²) in [6, 6.07) is 0.541. The average Bonchev–Trinajstić information content (AvgIpc) is 2.69. The minimum Gasteiger partial charge on any atom is -0.350 e. The molecule has 0 spiro atoms. The molecule has 14 heavy (non-hydrogen) atoms. The molecule has 0 radical (unpaired) electrons. The average molecular weight is 197 g/mol. The molecule has 3 atom stereocenters. The van der Waals surface area contributed by atoms with E-state index >= 15 is 0 Å². The third kappa shape index (κ3) is 1.77. The van der Waals surface area contributed by atoms with Crippen molar-refractivity contribution < 1.29 is 4.79 Å². The van der Waals surface area contributed by atoms with Crippen LogP contribution in [0.25, 0.3) is 0 Å². The minimum absolute atomic E-state index is 0.0104. The van der Waals surface area contributed by atoms with Crippen molar-refractivity contribution in [1.29, 1.82) is 0 Å². The van der Waals surface area contributed by atoms with E-state index in [9.17, 15) is 4.79 Å². The van der Waals surface area contributed by atoms with Crippen molar-refractivity contribution in [3.63, 3.8) is 0 Å². The molecule has 4 heteroatoms.